The molecule has 2 aromatic rings. The summed E-state index contributed by atoms with van der Waals surface area (Å²) >= 11 is 12.8. The number of dihydropyridines is 1. The van der Waals surface area contributed by atoms with E-state index in [4.69, 9.17) is 32.7 Å². The molecule has 0 spiro atoms. The van der Waals surface area contributed by atoms with Crippen molar-refractivity contribution in [2.75, 3.05) is 13.2 Å². The van der Waals surface area contributed by atoms with Gasteiger partial charge in [0.1, 0.15) is 5.75 Å². The van der Waals surface area contributed by atoms with E-state index in [1.54, 1.807) is 32.0 Å². The van der Waals surface area contributed by atoms with Gasteiger partial charge in [-0.1, -0.05) is 47.5 Å². The van der Waals surface area contributed by atoms with Crippen LogP contribution in [0.25, 0.3) is 5.70 Å². The van der Waals surface area contributed by atoms with Crippen molar-refractivity contribution in [2.24, 2.45) is 0 Å². The van der Waals surface area contributed by atoms with Gasteiger partial charge < -0.3 is 14.8 Å². The Morgan fingerprint density at radius 1 is 1.10 bits per heavy atom. The molecule has 0 amide bonds. The molecule has 2 aromatic carbocycles. The number of carbonyl (C=O) groups is 2. The first-order chi connectivity index (χ1) is 14.9. The molecule has 0 aromatic heterocycles. The summed E-state index contributed by atoms with van der Waals surface area (Å²) in [7, 11) is 0. The molecule has 1 atom stereocenters. The number of carbonyl (C=O) groups excluding carboxylic acids is 2. The number of ether oxygens (including phenoxy) is 2. The monoisotopic (exact) mass is 457 g/mol. The molecule has 4 rings (SSSR count). The van der Waals surface area contributed by atoms with E-state index in [2.05, 4.69) is 5.32 Å². The van der Waals surface area contributed by atoms with Crippen LogP contribution in [0.5, 0.6) is 5.75 Å². The number of hydrogen-bond donors (Lipinski definition) is 1. The zero-order valence-electron chi connectivity index (χ0n) is 17.3. The van der Waals surface area contributed by atoms with E-state index in [1.807, 2.05) is 25.1 Å². The van der Waals surface area contributed by atoms with Crippen LogP contribution in [-0.4, -0.2) is 25.0 Å². The summed E-state index contributed by atoms with van der Waals surface area (Å²) in [5.74, 6) is -1.01. The van der Waals surface area contributed by atoms with Crippen molar-refractivity contribution < 1.29 is 19.1 Å². The molecule has 2 aliphatic rings. The SMILES string of the molecule is CCOC(=O)C1=C(C)NC2=C(C(=O)c3ccccc32)[C@H]1c1cc(Cl)cc(Cl)c1OCC. The van der Waals surface area contributed by atoms with Crippen molar-refractivity contribution in [3.63, 3.8) is 0 Å². The molecule has 1 aliphatic carbocycles. The number of esters is 1. The molecule has 1 aliphatic heterocycles. The maximum atomic E-state index is 13.5. The van der Waals surface area contributed by atoms with Gasteiger partial charge in [0.2, 0.25) is 0 Å². The highest BCUT2D eigenvalue weighted by Gasteiger charge is 2.44. The van der Waals surface area contributed by atoms with Gasteiger partial charge in [0.25, 0.3) is 0 Å². The van der Waals surface area contributed by atoms with Gasteiger partial charge in [-0.2, -0.15) is 0 Å². The van der Waals surface area contributed by atoms with E-state index in [-0.39, 0.29) is 12.4 Å². The number of allylic oxidation sites excluding steroid dienone is 2. The summed E-state index contributed by atoms with van der Waals surface area (Å²) < 4.78 is 11.2. The zero-order chi connectivity index (χ0) is 22.3. The first-order valence-electron chi connectivity index (χ1n) is 10.0. The lowest BCUT2D eigenvalue weighted by atomic mass is 9.79. The average molecular weight is 458 g/mol. The topological polar surface area (TPSA) is 64.6 Å². The Morgan fingerprint density at radius 3 is 2.48 bits per heavy atom. The molecule has 0 saturated heterocycles. The van der Waals surface area contributed by atoms with Gasteiger partial charge >= 0.3 is 5.97 Å². The lowest BCUT2D eigenvalue weighted by Crippen LogP contribution is -2.29. The molecule has 1 N–H and O–H groups in total. The summed E-state index contributed by atoms with van der Waals surface area (Å²) in [5.41, 5.74) is 3.99. The molecule has 0 fully saturated rings. The summed E-state index contributed by atoms with van der Waals surface area (Å²) in [6.45, 7) is 5.93. The van der Waals surface area contributed by atoms with Crippen molar-refractivity contribution in [2.45, 2.75) is 26.7 Å². The van der Waals surface area contributed by atoms with Crippen molar-refractivity contribution in [3.8, 4) is 5.75 Å². The molecule has 1 heterocycles. The smallest absolute Gasteiger partial charge is 0.336 e. The van der Waals surface area contributed by atoms with Crippen molar-refractivity contribution in [3.05, 3.63) is 80.0 Å². The number of rotatable bonds is 5. The minimum Gasteiger partial charge on any atom is -0.492 e. The van der Waals surface area contributed by atoms with E-state index in [9.17, 15) is 9.59 Å². The molecular weight excluding hydrogens is 437 g/mol. The standard InChI is InChI=1S/C24H21Cl2NO4/c1-4-30-23-16(10-13(25)11-17(23)26)19-18(24(29)31-5-2)12(3)27-21-14-8-6-7-9-15(14)22(28)20(19)21/h6-11,19,27H,4-5H2,1-3H3/t19-/m0/s1. The highest BCUT2D eigenvalue weighted by atomic mass is 35.5. The van der Waals surface area contributed by atoms with Crippen molar-refractivity contribution >= 4 is 40.7 Å². The van der Waals surface area contributed by atoms with Gasteiger partial charge in [0.15, 0.2) is 5.78 Å². The predicted octanol–water partition coefficient (Wildman–Crippen LogP) is 5.52. The number of halogens is 2. The van der Waals surface area contributed by atoms with E-state index >= 15 is 0 Å². The summed E-state index contributed by atoms with van der Waals surface area (Å²) in [5, 5.41) is 3.96. The van der Waals surface area contributed by atoms with Crippen LogP contribution in [0.4, 0.5) is 0 Å². The summed E-state index contributed by atoms with van der Waals surface area (Å²) in [6.07, 6.45) is 0. The molecule has 0 radical (unpaired) electrons. The summed E-state index contributed by atoms with van der Waals surface area (Å²) in [6, 6.07) is 10.6. The average Bonchev–Trinajstić information content (AvgIpc) is 3.01. The van der Waals surface area contributed by atoms with Gasteiger partial charge in [0, 0.05) is 33.0 Å². The highest BCUT2D eigenvalue weighted by Crippen LogP contribution is 2.50. The highest BCUT2D eigenvalue weighted by molar-refractivity contribution is 6.36. The third-order valence-electron chi connectivity index (χ3n) is 5.38. The predicted molar refractivity (Wildman–Crippen MR) is 121 cm³/mol. The van der Waals surface area contributed by atoms with E-state index in [0.717, 1.165) is 5.56 Å². The van der Waals surface area contributed by atoms with Crippen LogP contribution in [0.3, 0.4) is 0 Å². The van der Waals surface area contributed by atoms with Crippen LogP contribution in [0.1, 0.15) is 48.2 Å². The minimum atomic E-state index is -0.743. The number of benzene rings is 2. The maximum absolute atomic E-state index is 13.5. The van der Waals surface area contributed by atoms with Crippen LogP contribution in [0, 0.1) is 0 Å². The molecule has 0 bridgehead atoms. The van der Waals surface area contributed by atoms with Gasteiger partial charge in [0.05, 0.1) is 35.4 Å². The second-order valence-corrected chi connectivity index (χ2v) is 8.06. The van der Waals surface area contributed by atoms with E-state index < -0.39 is 11.9 Å². The van der Waals surface area contributed by atoms with Gasteiger partial charge in [-0.05, 0) is 32.9 Å². The fourth-order valence-corrected chi connectivity index (χ4v) is 4.77. The molecular formula is C24H21Cl2NO4. The lowest BCUT2D eigenvalue weighted by Gasteiger charge is -2.30. The number of hydrogen-bond acceptors (Lipinski definition) is 5. The number of Topliss-reactive ketones (excluding diaryl/α,β-unsaturated/α-hetero) is 1. The quantitative estimate of drug-likeness (QED) is 0.598. The second kappa shape index (κ2) is 8.40. The Kier molecular flexibility index (Phi) is 5.82. The molecule has 7 heteroatoms. The van der Waals surface area contributed by atoms with Crippen molar-refractivity contribution in [1.29, 1.82) is 0 Å². The van der Waals surface area contributed by atoms with Crippen LogP contribution < -0.4 is 10.1 Å². The lowest BCUT2D eigenvalue weighted by molar-refractivity contribution is -0.138. The third-order valence-corrected chi connectivity index (χ3v) is 5.88. The molecule has 0 saturated carbocycles. The first kappa shape index (κ1) is 21.5. The molecule has 5 nitrogen and oxygen atoms in total. The van der Waals surface area contributed by atoms with Gasteiger partial charge in [-0.15, -0.1) is 0 Å². The Balaban J connectivity index is 2.01. The molecule has 31 heavy (non-hydrogen) atoms. The number of nitrogens with one attached hydrogen (secondary N) is 1. The van der Waals surface area contributed by atoms with Crippen LogP contribution in [0.15, 0.2) is 53.2 Å². The van der Waals surface area contributed by atoms with E-state index in [0.29, 0.717) is 56.1 Å². The molecule has 160 valence electrons. The van der Waals surface area contributed by atoms with Crippen molar-refractivity contribution in [1.82, 2.24) is 5.32 Å². The summed E-state index contributed by atoms with van der Waals surface area (Å²) in [4.78, 5) is 26.5. The first-order valence-corrected chi connectivity index (χ1v) is 10.8. The maximum Gasteiger partial charge on any atom is 0.336 e. The Labute approximate surface area is 190 Å². The number of ketones is 1. The minimum absolute atomic E-state index is 0.157. The fraction of sp³-hybridized carbons (Fsp3) is 0.250. The zero-order valence-corrected chi connectivity index (χ0v) is 18.9. The fourth-order valence-electron chi connectivity index (χ4n) is 4.21. The van der Waals surface area contributed by atoms with Gasteiger partial charge in [-0.3, -0.25) is 4.79 Å². The second-order valence-electron chi connectivity index (χ2n) is 7.22. The van der Waals surface area contributed by atoms with Crippen LogP contribution >= 0.6 is 23.2 Å². The number of fused-ring (bicyclic) bond motifs is 2. The van der Waals surface area contributed by atoms with Gasteiger partial charge in [-0.25, -0.2) is 4.79 Å². The largest absolute Gasteiger partial charge is 0.492 e. The third kappa shape index (κ3) is 3.52. The Hall–Kier alpha value is -2.76. The normalized spacial score (nSPS) is 17.3. The Bertz CT molecular complexity index is 1170. The molecule has 0 unspecified atom stereocenters. The van der Waals surface area contributed by atoms with E-state index in [1.165, 1.54) is 0 Å². The Morgan fingerprint density at radius 2 is 1.81 bits per heavy atom. The van der Waals surface area contributed by atoms with Crippen LogP contribution in [-0.2, 0) is 9.53 Å². The van der Waals surface area contributed by atoms with Crippen LogP contribution in [0.2, 0.25) is 10.0 Å².